The maximum absolute atomic E-state index is 5.78. The number of hydrogen-bond acceptors (Lipinski definition) is 3. The Kier molecular flexibility index (Phi) is 3.62. The molecule has 2 aromatic carbocycles. The minimum absolute atomic E-state index is 0.437. The molecular formula is C14H15NO2. The van der Waals surface area contributed by atoms with Crippen LogP contribution in [0.3, 0.4) is 0 Å². The predicted molar refractivity (Wildman–Crippen MR) is 67.4 cm³/mol. The van der Waals surface area contributed by atoms with E-state index < -0.39 is 0 Å². The zero-order valence-electron chi connectivity index (χ0n) is 9.72. The third kappa shape index (κ3) is 2.77. The quantitative estimate of drug-likeness (QED) is 0.876. The van der Waals surface area contributed by atoms with Crippen molar-refractivity contribution in [3.8, 4) is 17.2 Å². The summed E-state index contributed by atoms with van der Waals surface area (Å²) < 4.78 is 11.0. The molecule has 88 valence electrons. The maximum Gasteiger partial charge on any atom is 0.135 e. The van der Waals surface area contributed by atoms with Gasteiger partial charge in [0.15, 0.2) is 0 Å². The number of nitrogens with two attached hydrogens (primary N) is 1. The molecule has 3 nitrogen and oxygen atoms in total. The Morgan fingerprint density at radius 1 is 1.00 bits per heavy atom. The fourth-order valence-electron chi connectivity index (χ4n) is 1.54. The standard InChI is InChI=1S/C14H15NO2/c1-16-13-8-7-11(10-15)14(9-13)17-12-5-3-2-4-6-12/h2-9H,10,15H2,1H3. The van der Waals surface area contributed by atoms with Crippen LogP contribution >= 0.6 is 0 Å². The Hall–Kier alpha value is -2.00. The Morgan fingerprint density at radius 3 is 2.41 bits per heavy atom. The molecule has 0 fully saturated rings. The summed E-state index contributed by atoms with van der Waals surface area (Å²) in [6.07, 6.45) is 0. The smallest absolute Gasteiger partial charge is 0.135 e. The lowest BCUT2D eigenvalue weighted by Crippen LogP contribution is -1.99. The molecule has 17 heavy (non-hydrogen) atoms. The fourth-order valence-corrected chi connectivity index (χ4v) is 1.54. The minimum atomic E-state index is 0.437. The molecule has 0 amide bonds. The summed E-state index contributed by atoms with van der Waals surface area (Å²) in [7, 11) is 1.63. The van der Waals surface area contributed by atoms with E-state index in [-0.39, 0.29) is 0 Å². The van der Waals surface area contributed by atoms with Crippen molar-refractivity contribution >= 4 is 0 Å². The van der Waals surface area contributed by atoms with Gasteiger partial charge in [-0.05, 0) is 18.2 Å². The second kappa shape index (κ2) is 5.37. The van der Waals surface area contributed by atoms with Crippen LogP contribution in [0.1, 0.15) is 5.56 Å². The van der Waals surface area contributed by atoms with Gasteiger partial charge in [0.25, 0.3) is 0 Å². The van der Waals surface area contributed by atoms with Crippen LogP contribution in [0.2, 0.25) is 0 Å². The van der Waals surface area contributed by atoms with Crippen molar-refractivity contribution in [2.45, 2.75) is 6.54 Å². The van der Waals surface area contributed by atoms with E-state index >= 15 is 0 Å². The van der Waals surface area contributed by atoms with Crippen molar-refractivity contribution in [3.05, 3.63) is 54.1 Å². The molecule has 0 heterocycles. The van der Waals surface area contributed by atoms with Gasteiger partial charge in [-0.1, -0.05) is 24.3 Å². The monoisotopic (exact) mass is 229 g/mol. The van der Waals surface area contributed by atoms with Crippen LogP contribution in [-0.4, -0.2) is 7.11 Å². The number of benzene rings is 2. The van der Waals surface area contributed by atoms with Gasteiger partial charge in [-0.3, -0.25) is 0 Å². The predicted octanol–water partition coefficient (Wildman–Crippen LogP) is 2.95. The van der Waals surface area contributed by atoms with Crippen molar-refractivity contribution in [1.29, 1.82) is 0 Å². The molecule has 0 aliphatic heterocycles. The van der Waals surface area contributed by atoms with E-state index in [1.165, 1.54) is 0 Å². The first-order valence-corrected chi connectivity index (χ1v) is 5.43. The van der Waals surface area contributed by atoms with Gasteiger partial charge in [0.05, 0.1) is 7.11 Å². The largest absolute Gasteiger partial charge is 0.497 e. The van der Waals surface area contributed by atoms with Crippen molar-refractivity contribution in [1.82, 2.24) is 0 Å². The molecule has 2 N–H and O–H groups in total. The van der Waals surface area contributed by atoms with Crippen LogP contribution in [0, 0.1) is 0 Å². The summed E-state index contributed by atoms with van der Waals surface area (Å²) in [5.74, 6) is 2.28. The average molecular weight is 229 g/mol. The minimum Gasteiger partial charge on any atom is -0.497 e. The first-order valence-electron chi connectivity index (χ1n) is 5.43. The molecule has 2 aromatic rings. The van der Waals surface area contributed by atoms with Gasteiger partial charge in [0, 0.05) is 18.2 Å². The number of para-hydroxylation sites is 1. The molecule has 3 heteroatoms. The Balaban J connectivity index is 2.30. The van der Waals surface area contributed by atoms with Crippen LogP contribution in [0.25, 0.3) is 0 Å². The summed E-state index contributed by atoms with van der Waals surface area (Å²) in [6, 6.07) is 15.2. The van der Waals surface area contributed by atoms with E-state index in [1.807, 2.05) is 48.5 Å². The SMILES string of the molecule is COc1ccc(CN)c(Oc2ccccc2)c1. The highest BCUT2D eigenvalue weighted by atomic mass is 16.5. The molecule has 0 aliphatic rings. The van der Waals surface area contributed by atoms with E-state index in [0.29, 0.717) is 6.54 Å². The molecule has 0 aromatic heterocycles. The van der Waals surface area contributed by atoms with Gasteiger partial charge < -0.3 is 15.2 Å². The fraction of sp³-hybridized carbons (Fsp3) is 0.143. The van der Waals surface area contributed by atoms with Crippen LogP contribution in [0.5, 0.6) is 17.2 Å². The van der Waals surface area contributed by atoms with Gasteiger partial charge in [-0.2, -0.15) is 0 Å². The highest BCUT2D eigenvalue weighted by molar-refractivity contribution is 5.43. The third-order valence-electron chi connectivity index (χ3n) is 2.47. The van der Waals surface area contributed by atoms with Gasteiger partial charge in [0.1, 0.15) is 17.2 Å². The molecular weight excluding hydrogens is 214 g/mol. The van der Waals surface area contributed by atoms with Gasteiger partial charge in [-0.15, -0.1) is 0 Å². The molecule has 0 saturated heterocycles. The van der Waals surface area contributed by atoms with Crippen molar-refractivity contribution in [3.63, 3.8) is 0 Å². The van der Waals surface area contributed by atoms with E-state index in [0.717, 1.165) is 22.8 Å². The molecule has 0 radical (unpaired) electrons. The van der Waals surface area contributed by atoms with E-state index in [9.17, 15) is 0 Å². The summed E-state index contributed by atoms with van der Waals surface area (Å²) in [5, 5.41) is 0. The summed E-state index contributed by atoms with van der Waals surface area (Å²) in [6.45, 7) is 0.437. The van der Waals surface area contributed by atoms with Crippen LogP contribution < -0.4 is 15.2 Å². The lowest BCUT2D eigenvalue weighted by Gasteiger charge is -2.11. The topological polar surface area (TPSA) is 44.5 Å². The maximum atomic E-state index is 5.78. The summed E-state index contributed by atoms with van der Waals surface area (Å²) in [5.41, 5.74) is 6.63. The molecule has 2 rings (SSSR count). The van der Waals surface area contributed by atoms with E-state index in [2.05, 4.69) is 0 Å². The molecule has 0 saturated carbocycles. The van der Waals surface area contributed by atoms with Crippen LogP contribution in [0.4, 0.5) is 0 Å². The molecule has 0 atom stereocenters. The number of ether oxygens (including phenoxy) is 2. The van der Waals surface area contributed by atoms with Gasteiger partial charge in [0.2, 0.25) is 0 Å². The first kappa shape index (κ1) is 11.5. The van der Waals surface area contributed by atoms with Crippen molar-refractivity contribution < 1.29 is 9.47 Å². The van der Waals surface area contributed by atoms with Crippen LogP contribution in [0.15, 0.2) is 48.5 Å². The second-order valence-corrected chi connectivity index (χ2v) is 3.59. The van der Waals surface area contributed by atoms with Crippen molar-refractivity contribution in [2.24, 2.45) is 5.73 Å². The van der Waals surface area contributed by atoms with Crippen molar-refractivity contribution in [2.75, 3.05) is 7.11 Å². The summed E-state index contributed by atoms with van der Waals surface area (Å²) in [4.78, 5) is 0. The molecule has 0 spiro atoms. The molecule has 0 bridgehead atoms. The third-order valence-corrected chi connectivity index (χ3v) is 2.47. The highest BCUT2D eigenvalue weighted by Gasteiger charge is 2.05. The van der Waals surface area contributed by atoms with Crippen LogP contribution in [-0.2, 0) is 6.54 Å². The average Bonchev–Trinajstić information content (AvgIpc) is 2.40. The van der Waals surface area contributed by atoms with Gasteiger partial charge in [-0.25, -0.2) is 0 Å². The molecule has 0 unspecified atom stereocenters. The van der Waals surface area contributed by atoms with E-state index in [4.69, 9.17) is 15.2 Å². The zero-order chi connectivity index (χ0) is 12.1. The lowest BCUT2D eigenvalue weighted by atomic mass is 10.2. The number of hydrogen-bond donors (Lipinski definition) is 1. The second-order valence-electron chi connectivity index (χ2n) is 3.59. The lowest BCUT2D eigenvalue weighted by molar-refractivity contribution is 0.408. The number of rotatable bonds is 4. The zero-order valence-corrected chi connectivity index (χ0v) is 9.72. The Morgan fingerprint density at radius 2 is 1.76 bits per heavy atom. The Labute approximate surface area is 101 Å². The molecule has 0 aliphatic carbocycles. The number of methoxy groups -OCH3 is 1. The Bertz CT molecular complexity index is 483. The highest BCUT2D eigenvalue weighted by Crippen LogP contribution is 2.28. The first-order chi connectivity index (χ1) is 8.33. The van der Waals surface area contributed by atoms with Gasteiger partial charge >= 0.3 is 0 Å². The summed E-state index contributed by atoms with van der Waals surface area (Å²) >= 11 is 0. The normalized spacial score (nSPS) is 10.0. The van der Waals surface area contributed by atoms with E-state index in [1.54, 1.807) is 7.11 Å².